The number of aromatic hydroxyl groups is 3. The number of aliphatic hydroxyl groups is 4. The average molecular weight is 408 g/mol. The minimum atomic E-state index is -1.57. The summed E-state index contributed by atoms with van der Waals surface area (Å²) >= 11 is 0. The van der Waals surface area contributed by atoms with E-state index in [0.717, 1.165) is 11.1 Å². The average Bonchev–Trinajstić information content (AvgIpc) is 2.70. The molecule has 1 aliphatic heterocycles. The highest BCUT2D eigenvalue weighted by Crippen LogP contribution is 2.32. The SMILES string of the molecule is OC[C@H]1O[C@@H](Oc2ccc(CCc3ccc(O)c(O)c3)cc2O)[C@H](O)[C@@H](O)[C@@H]1O. The Morgan fingerprint density at radius 1 is 0.759 bits per heavy atom. The largest absolute Gasteiger partial charge is 0.504 e. The highest BCUT2D eigenvalue weighted by Gasteiger charge is 2.44. The number of aryl methyl sites for hydroxylation is 2. The lowest BCUT2D eigenvalue weighted by atomic mass is 9.99. The third-order valence-electron chi connectivity index (χ3n) is 4.86. The second-order valence-corrected chi connectivity index (χ2v) is 6.94. The quantitative estimate of drug-likeness (QED) is 0.320. The zero-order chi connectivity index (χ0) is 21.1. The van der Waals surface area contributed by atoms with Crippen LogP contribution in [0.1, 0.15) is 11.1 Å². The molecule has 0 aromatic heterocycles. The summed E-state index contributed by atoms with van der Waals surface area (Å²) in [5.74, 6) is -0.608. The van der Waals surface area contributed by atoms with Crippen molar-refractivity contribution in [2.24, 2.45) is 0 Å². The second-order valence-electron chi connectivity index (χ2n) is 6.94. The molecule has 9 nitrogen and oxygen atoms in total. The van der Waals surface area contributed by atoms with Gasteiger partial charge in [0, 0.05) is 0 Å². The van der Waals surface area contributed by atoms with Crippen LogP contribution < -0.4 is 4.74 Å². The number of rotatable bonds is 6. The fourth-order valence-corrected chi connectivity index (χ4v) is 3.12. The molecule has 0 unspecified atom stereocenters. The fraction of sp³-hybridized carbons (Fsp3) is 0.400. The Kier molecular flexibility index (Phi) is 6.46. The molecule has 0 radical (unpaired) electrons. The van der Waals surface area contributed by atoms with Crippen molar-refractivity contribution in [1.29, 1.82) is 0 Å². The van der Waals surface area contributed by atoms with Gasteiger partial charge in [-0.2, -0.15) is 0 Å². The number of aliphatic hydroxyl groups excluding tert-OH is 4. The molecule has 0 spiro atoms. The smallest absolute Gasteiger partial charge is 0.229 e. The molecular weight excluding hydrogens is 384 g/mol. The number of phenols is 3. The minimum absolute atomic E-state index is 0.000331. The Morgan fingerprint density at radius 2 is 1.38 bits per heavy atom. The summed E-state index contributed by atoms with van der Waals surface area (Å²) in [6.07, 6.45) is -6.05. The van der Waals surface area contributed by atoms with Crippen molar-refractivity contribution in [2.75, 3.05) is 6.61 Å². The summed E-state index contributed by atoms with van der Waals surface area (Å²) in [4.78, 5) is 0. The molecule has 0 saturated carbocycles. The van der Waals surface area contributed by atoms with Crippen LogP contribution in [0.2, 0.25) is 0 Å². The van der Waals surface area contributed by atoms with E-state index in [9.17, 15) is 35.7 Å². The summed E-state index contributed by atoms with van der Waals surface area (Å²) in [6, 6.07) is 9.19. The first kappa shape index (κ1) is 21.2. The zero-order valence-electron chi connectivity index (χ0n) is 15.4. The van der Waals surface area contributed by atoms with Gasteiger partial charge < -0.3 is 45.2 Å². The van der Waals surface area contributed by atoms with Gasteiger partial charge in [0.1, 0.15) is 24.4 Å². The molecule has 2 aromatic carbocycles. The van der Waals surface area contributed by atoms with Gasteiger partial charge in [0.05, 0.1) is 6.61 Å². The van der Waals surface area contributed by atoms with E-state index in [1.54, 1.807) is 12.1 Å². The number of hydrogen-bond acceptors (Lipinski definition) is 9. The van der Waals surface area contributed by atoms with E-state index in [-0.39, 0.29) is 23.0 Å². The van der Waals surface area contributed by atoms with Gasteiger partial charge in [0.25, 0.3) is 0 Å². The Morgan fingerprint density at radius 3 is 1.97 bits per heavy atom. The first-order valence-electron chi connectivity index (χ1n) is 9.10. The van der Waals surface area contributed by atoms with Gasteiger partial charge >= 0.3 is 0 Å². The molecule has 1 fully saturated rings. The van der Waals surface area contributed by atoms with Crippen LogP contribution in [0.5, 0.6) is 23.0 Å². The van der Waals surface area contributed by atoms with Gasteiger partial charge in [-0.05, 0) is 48.2 Å². The van der Waals surface area contributed by atoms with Crippen LogP contribution in [0.3, 0.4) is 0 Å². The van der Waals surface area contributed by atoms with Gasteiger partial charge in [-0.1, -0.05) is 12.1 Å². The van der Waals surface area contributed by atoms with Crippen molar-refractivity contribution in [3.8, 4) is 23.0 Å². The van der Waals surface area contributed by atoms with E-state index in [1.807, 2.05) is 0 Å². The molecule has 0 amide bonds. The predicted octanol–water partition coefficient (Wildman–Crippen LogP) is -0.233. The molecule has 3 rings (SSSR count). The van der Waals surface area contributed by atoms with Crippen LogP contribution >= 0.6 is 0 Å². The molecule has 7 N–H and O–H groups in total. The lowest BCUT2D eigenvalue weighted by Crippen LogP contribution is -2.60. The lowest BCUT2D eigenvalue weighted by molar-refractivity contribution is -0.277. The minimum Gasteiger partial charge on any atom is -0.504 e. The van der Waals surface area contributed by atoms with Gasteiger partial charge in [0.2, 0.25) is 6.29 Å². The number of benzene rings is 2. The number of phenolic OH excluding ortho intramolecular Hbond substituents is 3. The van der Waals surface area contributed by atoms with Crippen LogP contribution in [0, 0.1) is 0 Å². The molecule has 5 atom stereocenters. The third kappa shape index (κ3) is 4.72. The van der Waals surface area contributed by atoms with E-state index in [1.165, 1.54) is 24.3 Å². The van der Waals surface area contributed by atoms with Crippen molar-refractivity contribution < 1.29 is 45.2 Å². The van der Waals surface area contributed by atoms with E-state index >= 15 is 0 Å². The van der Waals surface area contributed by atoms with E-state index in [2.05, 4.69) is 0 Å². The Hall–Kier alpha value is -2.56. The maximum absolute atomic E-state index is 10.2. The number of ether oxygens (including phenoxy) is 2. The van der Waals surface area contributed by atoms with Crippen molar-refractivity contribution in [2.45, 2.75) is 43.5 Å². The molecule has 0 bridgehead atoms. The van der Waals surface area contributed by atoms with Gasteiger partial charge in [-0.3, -0.25) is 0 Å². The van der Waals surface area contributed by atoms with Crippen molar-refractivity contribution >= 4 is 0 Å². The van der Waals surface area contributed by atoms with Gasteiger partial charge in [0.15, 0.2) is 23.0 Å². The van der Waals surface area contributed by atoms with Crippen LogP contribution in [0.4, 0.5) is 0 Å². The maximum atomic E-state index is 10.2. The molecule has 29 heavy (non-hydrogen) atoms. The van der Waals surface area contributed by atoms with Crippen LogP contribution in [-0.4, -0.2) is 73.1 Å². The predicted molar refractivity (Wildman–Crippen MR) is 99.7 cm³/mol. The molecule has 1 aliphatic rings. The van der Waals surface area contributed by atoms with Gasteiger partial charge in [-0.25, -0.2) is 0 Å². The first-order valence-corrected chi connectivity index (χ1v) is 9.10. The van der Waals surface area contributed by atoms with Crippen LogP contribution in [0.15, 0.2) is 36.4 Å². The number of hydrogen-bond donors (Lipinski definition) is 7. The van der Waals surface area contributed by atoms with Crippen LogP contribution in [0.25, 0.3) is 0 Å². The summed E-state index contributed by atoms with van der Waals surface area (Å²) in [5, 5.41) is 67.9. The monoisotopic (exact) mass is 408 g/mol. The highest BCUT2D eigenvalue weighted by atomic mass is 16.7. The normalized spacial score (nSPS) is 27.0. The second kappa shape index (κ2) is 8.85. The molecule has 1 heterocycles. The standard InChI is InChI=1S/C20H24O9/c21-9-16-17(25)18(26)19(27)20(29-16)28-15-6-4-11(8-14(15)24)2-1-10-3-5-12(22)13(23)7-10/h3-8,16-27H,1-2,9H2/t16-,17-,18+,19-,20-/m1/s1. The van der Waals surface area contributed by atoms with Crippen molar-refractivity contribution in [1.82, 2.24) is 0 Å². The van der Waals surface area contributed by atoms with Gasteiger partial charge in [-0.15, -0.1) is 0 Å². The fourth-order valence-electron chi connectivity index (χ4n) is 3.12. The Bertz CT molecular complexity index is 839. The Labute approximate surface area is 166 Å². The summed E-state index contributed by atoms with van der Waals surface area (Å²) in [5.41, 5.74) is 1.58. The molecule has 0 aliphatic carbocycles. The molecule has 9 heteroatoms. The lowest BCUT2D eigenvalue weighted by Gasteiger charge is -2.39. The first-order chi connectivity index (χ1) is 13.8. The summed E-state index contributed by atoms with van der Waals surface area (Å²) in [7, 11) is 0. The van der Waals surface area contributed by atoms with E-state index in [4.69, 9.17) is 9.47 Å². The summed E-state index contributed by atoms with van der Waals surface area (Å²) in [6.45, 7) is -0.581. The summed E-state index contributed by atoms with van der Waals surface area (Å²) < 4.78 is 10.7. The molecule has 158 valence electrons. The van der Waals surface area contributed by atoms with E-state index in [0.29, 0.717) is 12.8 Å². The molecule has 2 aromatic rings. The maximum Gasteiger partial charge on any atom is 0.229 e. The zero-order valence-corrected chi connectivity index (χ0v) is 15.4. The molecular formula is C20H24O9. The van der Waals surface area contributed by atoms with Crippen molar-refractivity contribution in [3.05, 3.63) is 47.5 Å². The Balaban J connectivity index is 1.65. The van der Waals surface area contributed by atoms with E-state index < -0.39 is 37.3 Å². The molecule has 1 saturated heterocycles. The highest BCUT2D eigenvalue weighted by molar-refractivity contribution is 5.43. The third-order valence-corrected chi connectivity index (χ3v) is 4.86. The topological polar surface area (TPSA) is 160 Å². The van der Waals surface area contributed by atoms with Crippen molar-refractivity contribution in [3.63, 3.8) is 0 Å². The van der Waals surface area contributed by atoms with Crippen LogP contribution in [-0.2, 0) is 17.6 Å².